The minimum Gasteiger partial charge on any atom is -0.374 e. The third kappa shape index (κ3) is 3.41. The molecule has 1 aliphatic rings. The van der Waals surface area contributed by atoms with Crippen LogP contribution in [0.4, 0.5) is 4.39 Å². The van der Waals surface area contributed by atoms with Crippen LogP contribution in [0.1, 0.15) is 10.4 Å². The Hall–Kier alpha value is -1.17. The smallest absolute Gasteiger partial charge is 0.251 e. The summed E-state index contributed by atoms with van der Waals surface area (Å²) in [5.41, 5.74) is 0.338. The molecule has 98 valence electrons. The number of rotatable bonds is 3. The van der Waals surface area contributed by atoms with Crippen LogP contribution < -0.4 is 10.6 Å². The molecule has 2 rings (SSSR count). The quantitative estimate of drug-likeness (QED) is 0.869. The summed E-state index contributed by atoms with van der Waals surface area (Å²) in [5, 5.41) is 5.84. The normalized spacial score (nSPS) is 19.6. The Bertz CT molecular complexity index is 436. The third-order valence-corrected chi connectivity index (χ3v) is 2.97. The number of carbonyl (C=O) groups excluding carboxylic acids is 1. The highest BCUT2D eigenvalue weighted by molar-refractivity contribution is 6.31. The molecule has 1 saturated heterocycles. The van der Waals surface area contributed by atoms with Gasteiger partial charge in [0.05, 0.1) is 17.7 Å². The van der Waals surface area contributed by atoms with Crippen molar-refractivity contribution in [1.82, 2.24) is 10.6 Å². The second-order valence-electron chi connectivity index (χ2n) is 4.04. The van der Waals surface area contributed by atoms with Crippen molar-refractivity contribution in [3.63, 3.8) is 0 Å². The van der Waals surface area contributed by atoms with E-state index in [1.165, 1.54) is 18.2 Å². The molecule has 6 heteroatoms. The average Bonchev–Trinajstić information content (AvgIpc) is 2.40. The van der Waals surface area contributed by atoms with Crippen molar-refractivity contribution in [1.29, 1.82) is 0 Å². The van der Waals surface area contributed by atoms with E-state index in [2.05, 4.69) is 10.6 Å². The number of nitrogens with one attached hydrogen (secondary N) is 2. The first-order valence-electron chi connectivity index (χ1n) is 5.72. The molecule has 0 saturated carbocycles. The van der Waals surface area contributed by atoms with E-state index in [-0.39, 0.29) is 17.0 Å². The van der Waals surface area contributed by atoms with Crippen LogP contribution in [0.15, 0.2) is 18.2 Å². The summed E-state index contributed by atoms with van der Waals surface area (Å²) in [7, 11) is 0. The Kier molecular flexibility index (Phi) is 4.52. The summed E-state index contributed by atoms with van der Waals surface area (Å²) in [5.74, 6) is -0.820. The summed E-state index contributed by atoms with van der Waals surface area (Å²) in [6, 6.07) is 3.89. The van der Waals surface area contributed by atoms with Crippen molar-refractivity contribution < 1.29 is 13.9 Å². The Morgan fingerprint density at radius 2 is 2.44 bits per heavy atom. The molecule has 1 aromatic carbocycles. The summed E-state index contributed by atoms with van der Waals surface area (Å²) in [6.07, 6.45) is -0.0291. The summed E-state index contributed by atoms with van der Waals surface area (Å²) in [4.78, 5) is 11.8. The lowest BCUT2D eigenvalue weighted by Crippen LogP contribution is -2.45. The standard InChI is InChI=1S/C12H14ClFN2O2/c13-10-5-8(1-2-11(10)14)12(17)16-7-9-6-15-3-4-18-9/h1-2,5,9,15H,3-4,6-7H2,(H,16,17). The van der Waals surface area contributed by atoms with Crippen LogP contribution >= 0.6 is 11.6 Å². The molecule has 0 aliphatic carbocycles. The largest absolute Gasteiger partial charge is 0.374 e. The van der Waals surface area contributed by atoms with Crippen LogP contribution in [0, 0.1) is 5.82 Å². The maximum Gasteiger partial charge on any atom is 0.251 e. The highest BCUT2D eigenvalue weighted by Gasteiger charge is 2.15. The minimum atomic E-state index is -0.534. The Morgan fingerprint density at radius 3 is 3.11 bits per heavy atom. The van der Waals surface area contributed by atoms with Crippen LogP contribution in [-0.4, -0.2) is 38.3 Å². The van der Waals surface area contributed by atoms with Crippen molar-refractivity contribution in [3.05, 3.63) is 34.6 Å². The van der Waals surface area contributed by atoms with Crippen molar-refractivity contribution in [2.75, 3.05) is 26.2 Å². The molecule has 4 nitrogen and oxygen atoms in total. The van der Waals surface area contributed by atoms with Crippen molar-refractivity contribution >= 4 is 17.5 Å². The monoisotopic (exact) mass is 272 g/mol. The Morgan fingerprint density at radius 1 is 1.61 bits per heavy atom. The number of hydrogen-bond acceptors (Lipinski definition) is 3. The maximum absolute atomic E-state index is 12.9. The molecule has 18 heavy (non-hydrogen) atoms. The van der Waals surface area contributed by atoms with Gasteiger partial charge in [-0.3, -0.25) is 4.79 Å². The second-order valence-corrected chi connectivity index (χ2v) is 4.44. The van der Waals surface area contributed by atoms with E-state index < -0.39 is 5.82 Å². The summed E-state index contributed by atoms with van der Waals surface area (Å²) in [6.45, 7) is 2.60. The fourth-order valence-corrected chi connectivity index (χ4v) is 1.88. The SMILES string of the molecule is O=C(NCC1CNCCO1)c1ccc(F)c(Cl)c1. The first-order chi connectivity index (χ1) is 8.66. The molecule has 0 bridgehead atoms. The molecule has 1 heterocycles. The van der Waals surface area contributed by atoms with E-state index in [1.807, 2.05) is 0 Å². The van der Waals surface area contributed by atoms with Crippen LogP contribution in [0.25, 0.3) is 0 Å². The zero-order valence-corrected chi connectivity index (χ0v) is 10.5. The second kappa shape index (κ2) is 6.13. The molecular formula is C12H14ClFN2O2. The summed E-state index contributed by atoms with van der Waals surface area (Å²) < 4.78 is 18.4. The van der Waals surface area contributed by atoms with Crippen molar-refractivity contribution in [3.8, 4) is 0 Å². The van der Waals surface area contributed by atoms with Gasteiger partial charge in [0.2, 0.25) is 0 Å². The highest BCUT2D eigenvalue weighted by atomic mass is 35.5. The van der Waals surface area contributed by atoms with Crippen LogP contribution in [0.5, 0.6) is 0 Å². The van der Waals surface area contributed by atoms with Gasteiger partial charge in [0.15, 0.2) is 0 Å². The van der Waals surface area contributed by atoms with E-state index in [4.69, 9.17) is 16.3 Å². The molecule has 1 atom stereocenters. The van der Waals surface area contributed by atoms with E-state index in [9.17, 15) is 9.18 Å². The fraction of sp³-hybridized carbons (Fsp3) is 0.417. The number of carbonyl (C=O) groups is 1. The number of hydrogen-bond donors (Lipinski definition) is 2. The van der Waals surface area contributed by atoms with Crippen molar-refractivity contribution in [2.45, 2.75) is 6.10 Å². The lowest BCUT2D eigenvalue weighted by molar-refractivity contribution is 0.0287. The molecule has 1 unspecified atom stereocenters. The number of ether oxygens (including phenoxy) is 1. The first kappa shape index (κ1) is 13.3. The van der Waals surface area contributed by atoms with E-state index in [0.717, 1.165) is 6.54 Å². The van der Waals surface area contributed by atoms with E-state index in [1.54, 1.807) is 0 Å². The maximum atomic E-state index is 12.9. The lowest BCUT2D eigenvalue weighted by Gasteiger charge is -2.23. The Labute approximate surface area is 109 Å². The van der Waals surface area contributed by atoms with Crippen molar-refractivity contribution in [2.24, 2.45) is 0 Å². The van der Waals surface area contributed by atoms with Gasteiger partial charge in [0.1, 0.15) is 5.82 Å². The van der Waals surface area contributed by atoms with E-state index >= 15 is 0 Å². The first-order valence-corrected chi connectivity index (χ1v) is 6.10. The average molecular weight is 273 g/mol. The van der Waals surface area contributed by atoms with Gasteiger partial charge in [0, 0.05) is 25.2 Å². The van der Waals surface area contributed by atoms with Gasteiger partial charge < -0.3 is 15.4 Å². The van der Waals surface area contributed by atoms with Gasteiger partial charge in [0.25, 0.3) is 5.91 Å². The molecule has 1 aliphatic heterocycles. The number of halogens is 2. The van der Waals surface area contributed by atoms with Gasteiger partial charge >= 0.3 is 0 Å². The van der Waals surface area contributed by atoms with Gasteiger partial charge in [-0.1, -0.05) is 11.6 Å². The zero-order chi connectivity index (χ0) is 13.0. The molecule has 1 aromatic rings. The predicted octanol–water partition coefficient (Wildman–Crippen LogP) is 1.20. The Balaban J connectivity index is 1.88. The van der Waals surface area contributed by atoms with Crippen LogP contribution in [-0.2, 0) is 4.74 Å². The zero-order valence-electron chi connectivity index (χ0n) is 9.71. The lowest BCUT2D eigenvalue weighted by atomic mass is 10.2. The van der Waals surface area contributed by atoms with Crippen LogP contribution in [0.2, 0.25) is 5.02 Å². The van der Waals surface area contributed by atoms with Gasteiger partial charge in [-0.2, -0.15) is 0 Å². The number of amides is 1. The van der Waals surface area contributed by atoms with E-state index in [0.29, 0.717) is 25.3 Å². The fourth-order valence-electron chi connectivity index (χ4n) is 1.70. The predicted molar refractivity (Wildman–Crippen MR) is 66.4 cm³/mol. The molecule has 2 N–H and O–H groups in total. The topological polar surface area (TPSA) is 50.4 Å². The van der Waals surface area contributed by atoms with Gasteiger partial charge in [-0.15, -0.1) is 0 Å². The molecule has 0 aromatic heterocycles. The minimum absolute atomic E-state index is 0.0291. The molecular weight excluding hydrogens is 259 g/mol. The van der Waals surface area contributed by atoms with Gasteiger partial charge in [-0.25, -0.2) is 4.39 Å². The molecule has 0 radical (unpaired) electrons. The number of benzene rings is 1. The summed E-state index contributed by atoms with van der Waals surface area (Å²) >= 11 is 5.62. The third-order valence-electron chi connectivity index (χ3n) is 2.68. The van der Waals surface area contributed by atoms with Crippen LogP contribution in [0.3, 0.4) is 0 Å². The molecule has 1 fully saturated rings. The number of morpholine rings is 1. The highest BCUT2D eigenvalue weighted by Crippen LogP contribution is 2.15. The molecule has 0 spiro atoms. The molecule has 1 amide bonds. The van der Waals surface area contributed by atoms with Gasteiger partial charge in [-0.05, 0) is 18.2 Å².